The van der Waals surface area contributed by atoms with Crippen LogP contribution in [0.25, 0.3) is 0 Å². The third-order valence-corrected chi connectivity index (χ3v) is 5.61. The Bertz CT molecular complexity index is 752. The predicted molar refractivity (Wildman–Crippen MR) is 104 cm³/mol. The summed E-state index contributed by atoms with van der Waals surface area (Å²) in [6, 6.07) is 14.3. The number of aliphatic hydroxyl groups excluding tert-OH is 1. The van der Waals surface area contributed by atoms with Gasteiger partial charge in [0.15, 0.2) is 0 Å². The number of piperidine rings is 1. The molecule has 0 aliphatic carbocycles. The van der Waals surface area contributed by atoms with Crippen LogP contribution in [-0.4, -0.2) is 29.7 Å². The average Bonchev–Trinajstić information content (AvgIpc) is 2.68. The van der Waals surface area contributed by atoms with Crippen molar-refractivity contribution in [2.75, 3.05) is 19.7 Å². The van der Waals surface area contributed by atoms with Gasteiger partial charge < -0.3 is 14.6 Å². The van der Waals surface area contributed by atoms with Crippen LogP contribution < -0.4 is 4.74 Å². The highest BCUT2D eigenvalue weighted by Crippen LogP contribution is 2.38. The van der Waals surface area contributed by atoms with E-state index in [0.717, 1.165) is 53.8 Å². The zero-order valence-electron chi connectivity index (χ0n) is 14.7. The summed E-state index contributed by atoms with van der Waals surface area (Å²) in [5, 5.41) is 9.50. The SMILES string of the molecule is OC[C@H]1CCCN(Cc2cc(Br)cc3c2O[C@@H](c2ccccc2)OC3)C1. The molecule has 0 radical (unpaired) electrons. The fourth-order valence-corrected chi connectivity index (χ4v) is 4.41. The van der Waals surface area contributed by atoms with Crippen LogP contribution in [0.1, 0.15) is 35.8 Å². The van der Waals surface area contributed by atoms with Gasteiger partial charge in [-0.25, -0.2) is 0 Å². The van der Waals surface area contributed by atoms with Crippen LogP contribution in [0.4, 0.5) is 0 Å². The molecule has 0 saturated carbocycles. The van der Waals surface area contributed by atoms with Crippen molar-refractivity contribution >= 4 is 15.9 Å². The molecule has 1 N–H and O–H groups in total. The van der Waals surface area contributed by atoms with E-state index in [-0.39, 0.29) is 12.9 Å². The highest BCUT2D eigenvalue weighted by Gasteiger charge is 2.26. The molecule has 2 aliphatic rings. The lowest BCUT2D eigenvalue weighted by Crippen LogP contribution is -2.36. The Kier molecular flexibility index (Phi) is 5.60. The van der Waals surface area contributed by atoms with Crippen molar-refractivity contribution in [3.8, 4) is 5.75 Å². The summed E-state index contributed by atoms with van der Waals surface area (Å²) in [4.78, 5) is 2.42. The van der Waals surface area contributed by atoms with Gasteiger partial charge in [0.2, 0.25) is 6.29 Å². The van der Waals surface area contributed by atoms with Crippen LogP contribution in [0.3, 0.4) is 0 Å². The molecule has 0 spiro atoms. The second kappa shape index (κ2) is 8.09. The van der Waals surface area contributed by atoms with E-state index in [4.69, 9.17) is 9.47 Å². The van der Waals surface area contributed by atoms with E-state index in [1.54, 1.807) is 0 Å². The average molecular weight is 418 g/mol. The minimum absolute atomic E-state index is 0.271. The molecule has 2 aliphatic heterocycles. The maximum atomic E-state index is 9.50. The first-order valence-corrected chi connectivity index (χ1v) is 10.00. The molecule has 0 unspecified atom stereocenters. The molecule has 0 amide bonds. The van der Waals surface area contributed by atoms with Crippen molar-refractivity contribution in [1.29, 1.82) is 0 Å². The van der Waals surface area contributed by atoms with Crippen molar-refractivity contribution < 1.29 is 14.6 Å². The summed E-state index contributed by atoms with van der Waals surface area (Å²) in [5.41, 5.74) is 3.29. The second-order valence-corrected chi connectivity index (χ2v) is 8.07. The molecule has 2 aromatic rings. The van der Waals surface area contributed by atoms with Crippen LogP contribution in [-0.2, 0) is 17.9 Å². The number of rotatable bonds is 4. The Hall–Kier alpha value is -1.40. The van der Waals surface area contributed by atoms with E-state index in [2.05, 4.69) is 33.0 Å². The molecule has 0 bridgehead atoms. The first-order chi connectivity index (χ1) is 12.7. The monoisotopic (exact) mass is 417 g/mol. The lowest BCUT2D eigenvalue weighted by Gasteiger charge is -2.34. The Balaban J connectivity index is 1.57. The molecule has 2 atom stereocenters. The number of hydrogen-bond acceptors (Lipinski definition) is 4. The second-order valence-electron chi connectivity index (χ2n) is 7.15. The van der Waals surface area contributed by atoms with E-state index in [1.165, 1.54) is 5.56 Å². The van der Waals surface area contributed by atoms with Gasteiger partial charge >= 0.3 is 0 Å². The summed E-state index contributed by atoms with van der Waals surface area (Å²) in [5.74, 6) is 1.33. The Morgan fingerprint density at radius 3 is 2.85 bits per heavy atom. The van der Waals surface area contributed by atoms with E-state index >= 15 is 0 Å². The maximum Gasteiger partial charge on any atom is 0.227 e. The smallest absolute Gasteiger partial charge is 0.227 e. The largest absolute Gasteiger partial charge is 0.460 e. The lowest BCUT2D eigenvalue weighted by atomic mass is 9.98. The van der Waals surface area contributed by atoms with Crippen LogP contribution in [0.15, 0.2) is 46.9 Å². The van der Waals surface area contributed by atoms with Crippen molar-refractivity contribution in [3.05, 3.63) is 63.6 Å². The highest BCUT2D eigenvalue weighted by atomic mass is 79.9. The molecule has 0 aromatic heterocycles. The Labute approximate surface area is 162 Å². The van der Waals surface area contributed by atoms with Crippen molar-refractivity contribution in [1.82, 2.24) is 4.90 Å². The summed E-state index contributed by atoms with van der Waals surface area (Å²) >= 11 is 3.62. The first kappa shape index (κ1) is 18.0. The van der Waals surface area contributed by atoms with E-state index < -0.39 is 0 Å². The molecule has 4 rings (SSSR count). The number of nitrogens with zero attached hydrogens (tertiary/aromatic N) is 1. The van der Waals surface area contributed by atoms with Gasteiger partial charge in [-0.15, -0.1) is 0 Å². The molecule has 2 aromatic carbocycles. The topological polar surface area (TPSA) is 41.9 Å². The minimum Gasteiger partial charge on any atom is -0.460 e. The van der Waals surface area contributed by atoms with E-state index in [9.17, 15) is 5.11 Å². The predicted octanol–water partition coefficient (Wildman–Crippen LogP) is 4.26. The number of likely N-dealkylation sites (tertiary alicyclic amines) is 1. The van der Waals surface area contributed by atoms with Crippen molar-refractivity contribution in [2.45, 2.75) is 32.3 Å². The van der Waals surface area contributed by atoms with Gasteiger partial charge in [0.1, 0.15) is 5.75 Å². The van der Waals surface area contributed by atoms with Crippen molar-refractivity contribution in [3.63, 3.8) is 0 Å². The zero-order valence-corrected chi connectivity index (χ0v) is 16.3. The molecule has 26 heavy (non-hydrogen) atoms. The third-order valence-electron chi connectivity index (χ3n) is 5.15. The first-order valence-electron chi connectivity index (χ1n) is 9.20. The van der Waals surface area contributed by atoms with Gasteiger partial charge in [-0.3, -0.25) is 4.90 Å². The number of fused-ring (bicyclic) bond motifs is 1. The fourth-order valence-electron chi connectivity index (χ4n) is 3.85. The van der Waals surface area contributed by atoms with Gasteiger partial charge in [0.05, 0.1) is 6.61 Å². The molecule has 138 valence electrons. The van der Waals surface area contributed by atoms with Crippen LogP contribution in [0.2, 0.25) is 0 Å². The van der Waals surface area contributed by atoms with Gasteiger partial charge in [-0.1, -0.05) is 46.3 Å². The Morgan fingerprint density at radius 2 is 2.04 bits per heavy atom. The summed E-state index contributed by atoms with van der Waals surface area (Å²) in [6.07, 6.45) is 1.89. The van der Waals surface area contributed by atoms with Crippen LogP contribution in [0, 0.1) is 5.92 Å². The fraction of sp³-hybridized carbons (Fsp3) is 0.429. The van der Waals surface area contributed by atoms with E-state index in [0.29, 0.717) is 12.5 Å². The quantitative estimate of drug-likeness (QED) is 0.806. The summed E-state index contributed by atoms with van der Waals surface area (Å²) in [7, 11) is 0. The summed E-state index contributed by atoms with van der Waals surface area (Å²) in [6.45, 7) is 3.65. The normalized spacial score (nSPS) is 23.3. The van der Waals surface area contributed by atoms with E-state index in [1.807, 2.05) is 30.3 Å². The lowest BCUT2D eigenvalue weighted by molar-refractivity contribution is -0.112. The molecule has 5 heteroatoms. The highest BCUT2D eigenvalue weighted by molar-refractivity contribution is 9.10. The number of ether oxygens (including phenoxy) is 2. The minimum atomic E-state index is -0.366. The zero-order chi connectivity index (χ0) is 17.9. The summed E-state index contributed by atoms with van der Waals surface area (Å²) < 4.78 is 13.3. The number of halogens is 1. The molecular weight excluding hydrogens is 394 g/mol. The van der Waals surface area contributed by atoms with Gasteiger partial charge in [0.25, 0.3) is 0 Å². The number of hydrogen-bond donors (Lipinski definition) is 1. The molecular formula is C21H24BrNO3. The molecule has 4 nitrogen and oxygen atoms in total. The maximum absolute atomic E-state index is 9.50. The van der Waals surface area contributed by atoms with Crippen molar-refractivity contribution in [2.24, 2.45) is 5.92 Å². The van der Waals surface area contributed by atoms with Gasteiger partial charge in [0, 0.05) is 40.9 Å². The number of aliphatic hydroxyl groups is 1. The van der Waals surface area contributed by atoms with Gasteiger partial charge in [-0.2, -0.15) is 0 Å². The Morgan fingerprint density at radius 1 is 1.19 bits per heavy atom. The van der Waals surface area contributed by atoms with Crippen LogP contribution >= 0.6 is 15.9 Å². The van der Waals surface area contributed by atoms with Crippen LogP contribution in [0.5, 0.6) is 5.75 Å². The number of benzene rings is 2. The molecule has 1 saturated heterocycles. The molecule has 1 fully saturated rings. The third kappa shape index (κ3) is 3.96. The standard InChI is InChI=1S/C21H24BrNO3/c22-19-9-17(12-23-8-4-5-15(11-23)13-24)20-18(10-19)14-25-21(26-20)16-6-2-1-3-7-16/h1-3,6-7,9-10,15,21,24H,4-5,8,11-14H2/t15-,21-/m0/s1. The molecule has 2 heterocycles. The van der Waals surface area contributed by atoms with Gasteiger partial charge in [-0.05, 0) is 37.4 Å².